The number of ether oxygens (including phenoxy) is 5. The van der Waals surface area contributed by atoms with E-state index < -0.39 is 129 Å². The number of aliphatic hydroxyl groups is 7. The van der Waals surface area contributed by atoms with Gasteiger partial charge in [-0.25, -0.2) is 4.18 Å². The number of rotatable bonds is 10. The molecule has 12 unspecified atom stereocenters. The highest BCUT2D eigenvalue weighted by molar-refractivity contribution is 7.80. The first kappa shape index (κ1) is 45.7. The minimum absolute atomic E-state index is 0.0514. The highest BCUT2D eigenvalue weighted by Gasteiger charge is 2.86. The summed E-state index contributed by atoms with van der Waals surface area (Å²) in [7, 11) is -5.05. The maximum Gasteiger partial charge on any atom is 0.397 e. The van der Waals surface area contributed by atoms with Crippen molar-refractivity contribution in [2.45, 2.75) is 192 Å². The molecule has 0 aromatic rings. The second-order valence-electron chi connectivity index (χ2n) is 20.3. The molecule has 3 heterocycles. The number of carbonyl (C=O) groups is 1. The Morgan fingerprint density at radius 2 is 1.56 bits per heavy atom. The average Bonchev–Trinajstić information content (AvgIpc) is 3.51. The fraction of sp³-hybridized carbons (Fsp3) is 0.927. The lowest BCUT2D eigenvalue weighted by molar-refractivity contribution is -0.362. The Bertz CT molecular complexity index is 1760. The van der Waals surface area contributed by atoms with E-state index in [9.17, 15) is 53.5 Å². The summed E-state index contributed by atoms with van der Waals surface area (Å²) in [4.78, 5) is 14.4. The molecule has 4 aliphatic carbocycles. The highest BCUT2D eigenvalue weighted by Crippen LogP contribution is 2.77. The van der Waals surface area contributed by atoms with Crippen LogP contribution in [-0.4, -0.2) is 146 Å². The summed E-state index contributed by atoms with van der Waals surface area (Å²) in [5.74, 6) is -0.638. The second kappa shape index (κ2) is 15.1. The Hall–Kier alpha value is -1.36. The van der Waals surface area contributed by atoms with E-state index in [-0.39, 0.29) is 24.2 Å². The third-order valence-corrected chi connectivity index (χ3v) is 17.0. The first-order chi connectivity index (χ1) is 27.2. The van der Waals surface area contributed by atoms with Gasteiger partial charge in [0.2, 0.25) is 0 Å². The number of aliphatic hydroxyl groups excluding tert-OH is 6. The van der Waals surface area contributed by atoms with Gasteiger partial charge >= 0.3 is 16.4 Å². The van der Waals surface area contributed by atoms with Gasteiger partial charge in [-0.1, -0.05) is 53.2 Å². The molecule has 8 N–H and O–H groups in total. The Balaban J connectivity index is 1.16. The van der Waals surface area contributed by atoms with Crippen LogP contribution >= 0.6 is 0 Å². The highest BCUT2D eigenvalue weighted by atomic mass is 32.3. The lowest BCUT2D eigenvalue weighted by Crippen LogP contribution is -2.69. The number of carbonyl (C=O) groups excluding carboxylic acids is 1. The van der Waals surface area contributed by atoms with Crippen LogP contribution in [0.15, 0.2) is 11.6 Å². The molecule has 3 saturated heterocycles. The summed E-state index contributed by atoms with van der Waals surface area (Å²) in [5, 5.41) is 79.4. The van der Waals surface area contributed by atoms with Crippen molar-refractivity contribution in [2.75, 3.05) is 6.61 Å². The average molecular weight is 863 g/mol. The minimum atomic E-state index is -5.05. The molecule has 0 aromatic heterocycles. The number of esters is 1. The van der Waals surface area contributed by atoms with Crippen LogP contribution in [0, 0.1) is 39.4 Å². The SMILES string of the molecule is CC(C)CCC(O)[C@]1(C)OC(=O)C23C(O)C=C4C(CCC5C4(C)CCC(O[C@@H]4OC[C@@H](OS(=O)(=O)O)C(O)C4O[C@@H]4OC(C)[C@@H](O)C(O)C4O)C5(C)C)[C@]2(C)CC[C@@]31O. The van der Waals surface area contributed by atoms with Crippen LogP contribution in [0.25, 0.3) is 0 Å². The molecule has 3 saturated carbocycles. The third kappa shape index (κ3) is 6.64. The maximum atomic E-state index is 14.4. The van der Waals surface area contributed by atoms with E-state index in [1.807, 2.05) is 20.8 Å². The molecular weight excluding hydrogens is 797 g/mol. The van der Waals surface area contributed by atoms with Gasteiger partial charge in [0.05, 0.1) is 31.0 Å². The molecule has 19 atom stereocenters. The van der Waals surface area contributed by atoms with E-state index in [1.54, 1.807) is 13.0 Å². The van der Waals surface area contributed by atoms with Crippen LogP contribution in [0.3, 0.4) is 0 Å². The molecule has 6 fully saturated rings. The number of hydrogen-bond donors (Lipinski definition) is 8. The predicted octanol–water partition coefficient (Wildman–Crippen LogP) is 1.27. The molecule has 18 heteroatoms. The van der Waals surface area contributed by atoms with Crippen LogP contribution in [0.4, 0.5) is 0 Å². The van der Waals surface area contributed by atoms with Gasteiger partial charge in [-0.05, 0) is 99.2 Å². The standard InChI is InChI=1S/C41H66O17S/c1-19(2)9-12-25(42)39(8)40(49)16-15-38(7)21-10-11-24-36(4,5)27(13-14-37(24,6)22(21)17-26(43)41(38,40)35(48)57-39)55-34-32(29(45)23(18-53-34)58-59(50,51)52)56-33-31(47)30(46)28(44)20(3)54-33/h17,19-21,23-34,42-47,49H,9-16,18H2,1-8H3,(H,50,51,52)/t20?,21?,23-,24?,25?,26?,27?,28-,29?,30?,31?,32?,33+,34+,37?,38+,39+,40+,41?/m1/s1. The molecular formula is C41H66O17S. The topological polar surface area (TPSA) is 268 Å². The van der Waals surface area contributed by atoms with Crippen LogP contribution < -0.4 is 0 Å². The van der Waals surface area contributed by atoms with E-state index in [2.05, 4.69) is 25.0 Å². The number of hydrogen-bond acceptors (Lipinski definition) is 16. The number of fused-ring (bicyclic) bond motifs is 4. The lowest BCUT2D eigenvalue weighted by atomic mass is 9.40. The summed E-state index contributed by atoms with van der Waals surface area (Å²) in [6.45, 7) is 14.9. The van der Waals surface area contributed by atoms with Crippen molar-refractivity contribution in [3.05, 3.63) is 11.6 Å². The largest absolute Gasteiger partial charge is 0.453 e. The summed E-state index contributed by atoms with van der Waals surface area (Å²) < 4.78 is 67.6. The van der Waals surface area contributed by atoms with Crippen LogP contribution in [0.5, 0.6) is 0 Å². The van der Waals surface area contributed by atoms with E-state index in [4.69, 9.17) is 23.7 Å². The zero-order valence-corrected chi connectivity index (χ0v) is 36.1. The van der Waals surface area contributed by atoms with E-state index in [0.717, 1.165) is 5.57 Å². The summed E-state index contributed by atoms with van der Waals surface area (Å²) >= 11 is 0. The Morgan fingerprint density at radius 3 is 2.20 bits per heavy atom. The second-order valence-corrected chi connectivity index (χ2v) is 21.3. The minimum Gasteiger partial charge on any atom is -0.453 e. The summed E-state index contributed by atoms with van der Waals surface area (Å²) in [6.07, 6.45) is -11.2. The molecule has 0 aromatic carbocycles. The fourth-order valence-electron chi connectivity index (χ4n) is 13.1. The van der Waals surface area contributed by atoms with Gasteiger partial charge in [-0.15, -0.1) is 0 Å². The fourth-order valence-corrected chi connectivity index (χ4v) is 13.6. The molecule has 0 radical (unpaired) electrons. The molecule has 17 nitrogen and oxygen atoms in total. The first-order valence-electron chi connectivity index (χ1n) is 21.2. The summed E-state index contributed by atoms with van der Waals surface area (Å²) in [6, 6.07) is 0. The quantitative estimate of drug-likeness (QED) is 0.0665. The zero-order chi connectivity index (χ0) is 43.6. The molecule has 0 amide bonds. The van der Waals surface area contributed by atoms with Crippen molar-refractivity contribution in [1.29, 1.82) is 0 Å². The molecule has 0 bridgehead atoms. The lowest BCUT2D eigenvalue weighted by Gasteiger charge is -2.64. The smallest absolute Gasteiger partial charge is 0.397 e. The van der Waals surface area contributed by atoms with Gasteiger partial charge in [0.25, 0.3) is 0 Å². The monoisotopic (exact) mass is 862 g/mol. The van der Waals surface area contributed by atoms with E-state index >= 15 is 0 Å². The first-order valence-corrected chi connectivity index (χ1v) is 22.6. The van der Waals surface area contributed by atoms with Crippen molar-refractivity contribution in [3.8, 4) is 0 Å². The molecule has 7 aliphatic rings. The van der Waals surface area contributed by atoms with Gasteiger partial charge in [0.1, 0.15) is 47.6 Å². The van der Waals surface area contributed by atoms with Gasteiger partial charge in [-0.2, -0.15) is 8.42 Å². The van der Waals surface area contributed by atoms with Crippen molar-refractivity contribution in [2.24, 2.45) is 39.4 Å². The van der Waals surface area contributed by atoms with Gasteiger partial charge < -0.3 is 59.4 Å². The normalized spacial score (nSPS) is 51.2. The van der Waals surface area contributed by atoms with Crippen LogP contribution in [0.2, 0.25) is 0 Å². The Kier molecular flexibility index (Phi) is 11.7. The molecule has 3 aliphatic heterocycles. The molecule has 7 rings (SSSR count). The molecule has 59 heavy (non-hydrogen) atoms. The zero-order valence-electron chi connectivity index (χ0n) is 35.3. The number of cyclic esters (lactones) is 1. The maximum absolute atomic E-state index is 14.4. The summed E-state index contributed by atoms with van der Waals surface area (Å²) in [5.41, 5.74) is -6.11. The Labute approximate surface area is 346 Å². The molecule has 338 valence electrons. The third-order valence-electron chi connectivity index (χ3n) is 16.5. The van der Waals surface area contributed by atoms with Crippen molar-refractivity contribution >= 4 is 16.4 Å². The Morgan fingerprint density at radius 1 is 0.881 bits per heavy atom. The van der Waals surface area contributed by atoms with E-state index in [0.29, 0.717) is 44.9 Å². The van der Waals surface area contributed by atoms with Gasteiger partial charge in [0.15, 0.2) is 18.2 Å². The predicted molar refractivity (Wildman–Crippen MR) is 205 cm³/mol. The van der Waals surface area contributed by atoms with Crippen molar-refractivity contribution in [1.82, 2.24) is 0 Å². The number of allylic oxidation sites excluding steroid dienone is 1. The molecule has 1 spiro atoms. The van der Waals surface area contributed by atoms with E-state index in [1.165, 1.54) is 6.92 Å². The van der Waals surface area contributed by atoms with Gasteiger partial charge in [-0.3, -0.25) is 9.35 Å². The van der Waals surface area contributed by atoms with Crippen LogP contribution in [-0.2, 0) is 43.1 Å². The van der Waals surface area contributed by atoms with Crippen LogP contribution in [0.1, 0.15) is 107 Å². The van der Waals surface area contributed by atoms with Crippen molar-refractivity contribution < 1.29 is 81.4 Å². The van der Waals surface area contributed by atoms with Gasteiger partial charge in [0, 0.05) is 0 Å². The van der Waals surface area contributed by atoms with Crippen molar-refractivity contribution in [3.63, 3.8) is 0 Å².